The van der Waals surface area contributed by atoms with Crippen LogP contribution in [0.2, 0.25) is 0 Å². The van der Waals surface area contributed by atoms with Gasteiger partial charge < -0.3 is 0 Å². The normalized spacial score (nSPS) is 17.8. The van der Waals surface area contributed by atoms with E-state index in [-0.39, 0.29) is 12.1 Å². The first kappa shape index (κ1) is 18.1. The molecule has 29 heavy (non-hydrogen) atoms. The summed E-state index contributed by atoms with van der Waals surface area (Å²) in [5.41, 5.74) is 4.00. The number of thioether (sulfide) groups is 1. The summed E-state index contributed by atoms with van der Waals surface area (Å²) in [6, 6.07) is 18.1. The summed E-state index contributed by atoms with van der Waals surface area (Å²) in [4.78, 5) is 17.9. The lowest BCUT2D eigenvalue weighted by molar-refractivity contribution is -0.116. The molecular weight excluding hydrogens is 400 g/mol. The summed E-state index contributed by atoms with van der Waals surface area (Å²) >= 11 is 3.13. The zero-order chi connectivity index (χ0) is 19.8. The van der Waals surface area contributed by atoms with Crippen molar-refractivity contribution in [2.24, 2.45) is 10.1 Å². The molecule has 3 heterocycles. The number of hydrazone groups is 1. The van der Waals surface area contributed by atoms with Gasteiger partial charge in [0.1, 0.15) is 5.70 Å². The molecule has 2 aromatic carbocycles. The lowest BCUT2D eigenvalue weighted by Gasteiger charge is -2.33. The Labute approximate surface area is 176 Å². The zero-order valence-corrected chi connectivity index (χ0v) is 17.3. The van der Waals surface area contributed by atoms with E-state index in [1.165, 1.54) is 22.9 Å². The van der Waals surface area contributed by atoms with Crippen molar-refractivity contribution >= 4 is 39.9 Å². The van der Waals surface area contributed by atoms with E-state index in [4.69, 9.17) is 10.1 Å². The van der Waals surface area contributed by atoms with Gasteiger partial charge in [0.05, 0.1) is 5.36 Å². The second-order valence-corrected chi connectivity index (χ2v) is 8.65. The Morgan fingerprint density at radius 3 is 2.76 bits per heavy atom. The van der Waals surface area contributed by atoms with Crippen LogP contribution in [0.25, 0.3) is 5.70 Å². The van der Waals surface area contributed by atoms with Crippen LogP contribution < -0.4 is 15.9 Å². The predicted molar refractivity (Wildman–Crippen MR) is 118 cm³/mol. The van der Waals surface area contributed by atoms with Gasteiger partial charge in [-0.2, -0.15) is 11.3 Å². The van der Waals surface area contributed by atoms with Gasteiger partial charge >= 0.3 is 0 Å². The maximum absolute atomic E-state index is 13.0. The highest BCUT2D eigenvalue weighted by Crippen LogP contribution is 2.32. The first-order chi connectivity index (χ1) is 14.2. The van der Waals surface area contributed by atoms with E-state index in [0.717, 1.165) is 21.9 Å². The number of thiophene rings is 1. The van der Waals surface area contributed by atoms with E-state index >= 15 is 0 Å². The molecule has 0 bridgehead atoms. The Morgan fingerprint density at radius 1 is 1.14 bits per heavy atom. The van der Waals surface area contributed by atoms with Gasteiger partial charge in [-0.25, -0.2) is 5.01 Å². The number of benzene rings is 2. The van der Waals surface area contributed by atoms with Crippen LogP contribution in [0.4, 0.5) is 0 Å². The van der Waals surface area contributed by atoms with Crippen LogP contribution >= 0.6 is 23.1 Å². The molecule has 2 aliphatic heterocycles. The third kappa shape index (κ3) is 3.47. The zero-order valence-electron chi connectivity index (χ0n) is 15.7. The smallest absolute Gasteiger partial charge is 0.276 e. The Balaban J connectivity index is 1.53. The number of carbonyl (C=O) groups excluding carboxylic acids is 1. The summed E-state index contributed by atoms with van der Waals surface area (Å²) in [6.07, 6.45) is -0.341. The molecule has 1 aromatic heterocycles. The second-order valence-electron chi connectivity index (χ2n) is 6.90. The second kappa shape index (κ2) is 7.50. The first-order valence-corrected chi connectivity index (χ1v) is 11.2. The Kier molecular flexibility index (Phi) is 4.69. The number of hydrogen-bond acceptors (Lipinski definition) is 6. The Bertz CT molecular complexity index is 1220. The summed E-state index contributed by atoms with van der Waals surface area (Å²) in [5.74, 6) is 0.591. The molecule has 2 aliphatic rings. The molecule has 1 N–H and O–H groups in total. The molecule has 0 saturated heterocycles. The number of amides is 1. The van der Waals surface area contributed by atoms with E-state index in [9.17, 15) is 4.79 Å². The average molecular weight is 419 g/mol. The maximum atomic E-state index is 13.0. The van der Waals surface area contributed by atoms with Gasteiger partial charge in [0, 0.05) is 16.5 Å². The van der Waals surface area contributed by atoms with E-state index < -0.39 is 0 Å². The third-order valence-electron chi connectivity index (χ3n) is 4.85. The number of amidine groups is 1. The van der Waals surface area contributed by atoms with Gasteiger partial charge in [0.15, 0.2) is 11.3 Å². The number of aryl methyl sites for hydroxylation is 1. The van der Waals surface area contributed by atoms with Gasteiger partial charge in [-0.15, -0.1) is 5.10 Å². The number of fused-ring (bicyclic) bond motifs is 2. The van der Waals surface area contributed by atoms with Crippen LogP contribution in [-0.2, 0) is 10.5 Å². The number of carbonyl (C=O) groups is 1. The highest BCUT2D eigenvalue weighted by atomic mass is 32.2. The largest absolute Gasteiger partial charge is 0.298 e. The molecule has 0 spiro atoms. The van der Waals surface area contributed by atoms with Crippen LogP contribution in [-0.4, -0.2) is 16.1 Å². The van der Waals surface area contributed by atoms with Gasteiger partial charge in [-0.1, -0.05) is 59.8 Å². The molecule has 3 aromatic rings. The van der Waals surface area contributed by atoms with Crippen LogP contribution in [0.3, 0.4) is 0 Å². The van der Waals surface area contributed by atoms with Crippen LogP contribution in [0.15, 0.2) is 75.5 Å². The van der Waals surface area contributed by atoms with Crippen molar-refractivity contribution in [3.63, 3.8) is 0 Å². The molecule has 0 fully saturated rings. The van der Waals surface area contributed by atoms with Crippen molar-refractivity contribution in [2.75, 3.05) is 0 Å². The minimum atomic E-state index is -0.341. The molecule has 5 nitrogen and oxygen atoms in total. The molecule has 1 amide bonds. The summed E-state index contributed by atoms with van der Waals surface area (Å²) in [7, 11) is 0. The quantitative estimate of drug-likeness (QED) is 0.711. The van der Waals surface area contributed by atoms with Crippen molar-refractivity contribution in [3.8, 4) is 0 Å². The highest BCUT2D eigenvalue weighted by molar-refractivity contribution is 8.13. The minimum absolute atomic E-state index is 0.144. The Hall–Kier alpha value is -2.90. The van der Waals surface area contributed by atoms with Gasteiger partial charge in [-0.05, 0) is 35.4 Å². The van der Waals surface area contributed by atoms with Crippen molar-refractivity contribution in [1.29, 1.82) is 0 Å². The molecule has 5 rings (SSSR count). The number of nitrogens with zero attached hydrogens (tertiary/aromatic N) is 3. The lowest BCUT2D eigenvalue weighted by Crippen LogP contribution is -2.50. The van der Waals surface area contributed by atoms with Crippen LogP contribution in [0.1, 0.15) is 22.9 Å². The molecular formula is C22H18N4OS2. The number of nitrogens with one attached hydrogen (secondary N) is 1. The Morgan fingerprint density at radius 2 is 1.97 bits per heavy atom. The van der Waals surface area contributed by atoms with E-state index in [2.05, 4.69) is 41.9 Å². The molecule has 0 radical (unpaired) electrons. The van der Waals surface area contributed by atoms with Crippen LogP contribution in [0, 0.1) is 6.92 Å². The fourth-order valence-corrected chi connectivity index (χ4v) is 4.85. The summed E-state index contributed by atoms with van der Waals surface area (Å²) < 4.78 is 0. The molecule has 144 valence electrons. The van der Waals surface area contributed by atoms with E-state index in [1.807, 2.05) is 35.7 Å². The SMILES string of the molecule is Cc1ccc(CSC2=NN3C(=c4ccccc4=N[C@@H]3c3ccsc3)C(=O)N2)cc1. The van der Waals surface area contributed by atoms with E-state index in [1.54, 1.807) is 16.3 Å². The van der Waals surface area contributed by atoms with Crippen LogP contribution in [0.5, 0.6) is 0 Å². The number of rotatable bonds is 3. The minimum Gasteiger partial charge on any atom is -0.298 e. The first-order valence-electron chi connectivity index (χ1n) is 9.26. The monoisotopic (exact) mass is 418 g/mol. The molecule has 1 atom stereocenters. The summed E-state index contributed by atoms with van der Waals surface area (Å²) in [6.45, 7) is 2.07. The van der Waals surface area contributed by atoms with Crippen molar-refractivity contribution in [3.05, 3.63) is 92.6 Å². The van der Waals surface area contributed by atoms with Crippen molar-refractivity contribution in [2.45, 2.75) is 18.8 Å². The number of hydrogen-bond donors (Lipinski definition) is 1. The maximum Gasteiger partial charge on any atom is 0.276 e. The van der Waals surface area contributed by atoms with Gasteiger partial charge in [-0.3, -0.25) is 15.1 Å². The predicted octanol–water partition coefficient (Wildman–Crippen LogP) is 3.13. The highest BCUT2D eigenvalue weighted by Gasteiger charge is 2.34. The van der Waals surface area contributed by atoms with Crippen molar-refractivity contribution in [1.82, 2.24) is 10.3 Å². The standard InChI is InChI=1S/C22H18N4OS2/c1-14-6-8-15(9-7-14)12-29-22-24-21(27)19-17-4-2-3-5-18(17)23-20(26(19)25-22)16-10-11-28-13-16/h2-11,13,20H,12H2,1H3,(H,24,25,27)/t20-/m0/s1. The lowest BCUT2D eigenvalue weighted by atomic mass is 10.1. The fraction of sp³-hybridized carbons (Fsp3) is 0.136. The van der Waals surface area contributed by atoms with Crippen molar-refractivity contribution < 1.29 is 4.79 Å². The third-order valence-corrected chi connectivity index (χ3v) is 6.49. The molecule has 7 heteroatoms. The molecule has 0 aliphatic carbocycles. The topological polar surface area (TPSA) is 57.1 Å². The van der Waals surface area contributed by atoms with Gasteiger partial charge in [0.2, 0.25) is 0 Å². The fourth-order valence-electron chi connectivity index (χ4n) is 3.37. The average Bonchev–Trinajstić information content (AvgIpc) is 3.27. The molecule has 0 unspecified atom stereocenters. The van der Waals surface area contributed by atoms with E-state index in [0.29, 0.717) is 10.9 Å². The number of para-hydroxylation sites is 1. The van der Waals surface area contributed by atoms with Gasteiger partial charge in [0.25, 0.3) is 5.91 Å². The molecule has 0 saturated carbocycles. The summed E-state index contributed by atoms with van der Waals surface area (Å²) in [5, 5.41) is 15.8.